The zero-order valence-electron chi connectivity index (χ0n) is 12.6. The average Bonchev–Trinajstić information content (AvgIpc) is 3.21. The molecule has 20 heavy (non-hydrogen) atoms. The van der Waals surface area contributed by atoms with Crippen LogP contribution in [-0.4, -0.2) is 30.4 Å². The Kier molecular flexibility index (Phi) is 4.65. The van der Waals surface area contributed by atoms with Crippen LogP contribution in [0.2, 0.25) is 0 Å². The second-order valence-corrected chi connectivity index (χ2v) is 6.00. The summed E-state index contributed by atoms with van der Waals surface area (Å²) in [6.45, 7) is 6.59. The van der Waals surface area contributed by atoms with Crippen LogP contribution in [0.4, 0.5) is 0 Å². The van der Waals surface area contributed by atoms with Gasteiger partial charge in [0.05, 0.1) is 12.7 Å². The van der Waals surface area contributed by atoms with E-state index in [0.717, 1.165) is 19.1 Å². The van der Waals surface area contributed by atoms with Crippen LogP contribution >= 0.6 is 0 Å². The van der Waals surface area contributed by atoms with E-state index in [1.165, 1.54) is 18.4 Å². The van der Waals surface area contributed by atoms with E-state index in [0.29, 0.717) is 17.2 Å². The van der Waals surface area contributed by atoms with Crippen molar-refractivity contribution in [3.05, 3.63) is 29.3 Å². The lowest BCUT2D eigenvalue weighted by Crippen LogP contribution is -2.29. The van der Waals surface area contributed by atoms with E-state index >= 15 is 0 Å². The molecular formula is C16H25N3O. The Balaban J connectivity index is 2.13. The van der Waals surface area contributed by atoms with Crippen molar-refractivity contribution in [1.29, 1.82) is 5.41 Å². The molecule has 3 N–H and O–H groups in total. The van der Waals surface area contributed by atoms with Crippen LogP contribution < -0.4 is 10.5 Å². The molecule has 0 saturated heterocycles. The van der Waals surface area contributed by atoms with Crippen LogP contribution in [0.5, 0.6) is 5.75 Å². The van der Waals surface area contributed by atoms with Crippen molar-refractivity contribution in [2.45, 2.75) is 39.3 Å². The first-order valence-electron chi connectivity index (χ1n) is 7.26. The molecule has 0 aromatic heterocycles. The van der Waals surface area contributed by atoms with Crippen molar-refractivity contribution in [3.63, 3.8) is 0 Å². The lowest BCUT2D eigenvalue weighted by atomic mass is 10.1. The number of hydrogen-bond acceptors (Lipinski definition) is 3. The van der Waals surface area contributed by atoms with Crippen molar-refractivity contribution < 1.29 is 4.74 Å². The SMILES string of the molecule is COc1cc(CN(CC(C)C)C2CC2)ccc1C(=N)N. The highest BCUT2D eigenvalue weighted by molar-refractivity contribution is 5.97. The summed E-state index contributed by atoms with van der Waals surface area (Å²) in [7, 11) is 1.62. The van der Waals surface area contributed by atoms with Crippen molar-refractivity contribution in [2.75, 3.05) is 13.7 Å². The summed E-state index contributed by atoms with van der Waals surface area (Å²) in [4.78, 5) is 2.55. The predicted molar refractivity (Wildman–Crippen MR) is 82.3 cm³/mol. The highest BCUT2D eigenvalue weighted by Crippen LogP contribution is 2.30. The van der Waals surface area contributed by atoms with E-state index in [1.54, 1.807) is 7.11 Å². The standard InChI is InChI=1S/C16H25N3O/c1-11(2)9-19(13-5-6-13)10-12-4-7-14(16(17)18)15(8-12)20-3/h4,7-8,11,13H,5-6,9-10H2,1-3H3,(H3,17,18). The molecule has 4 nitrogen and oxygen atoms in total. The summed E-state index contributed by atoms with van der Waals surface area (Å²) in [5.41, 5.74) is 7.45. The van der Waals surface area contributed by atoms with Crippen LogP contribution in [0, 0.1) is 11.3 Å². The molecule has 0 aliphatic heterocycles. The number of nitrogens with zero attached hydrogens (tertiary/aromatic N) is 1. The van der Waals surface area contributed by atoms with Gasteiger partial charge < -0.3 is 10.5 Å². The van der Waals surface area contributed by atoms with Gasteiger partial charge >= 0.3 is 0 Å². The third-order valence-electron chi connectivity index (χ3n) is 3.60. The lowest BCUT2D eigenvalue weighted by Gasteiger charge is -2.24. The molecule has 2 rings (SSSR count). The van der Waals surface area contributed by atoms with Gasteiger partial charge in [-0.3, -0.25) is 10.3 Å². The van der Waals surface area contributed by atoms with Crippen molar-refractivity contribution in [3.8, 4) is 5.75 Å². The molecule has 1 aliphatic rings. The predicted octanol–water partition coefficient (Wildman–Crippen LogP) is 2.60. The number of methoxy groups -OCH3 is 1. The number of amidine groups is 1. The first-order chi connectivity index (χ1) is 9.51. The third-order valence-corrected chi connectivity index (χ3v) is 3.60. The minimum atomic E-state index is 0.0506. The van der Waals surface area contributed by atoms with Crippen LogP contribution in [0.1, 0.15) is 37.8 Å². The van der Waals surface area contributed by atoms with E-state index in [4.69, 9.17) is 15.9 Å². The fraction of sp³-hybridized carbons (Fsp3) is 0.562. The zero-order chi connectivity index (χ0) is 14.7. The molecule has 0 spiro atoms. The van der Waals surface area contributed by atoms with Gasteiger partial charge in [0.25, 0.3) is 0 Å². The number of hydrogen-bond donors (Lipinski definition) is 2. The van der Waals surface area contributed by atoms with E-state index in [2.05, 4.69) is 24.8 Å². The first-order valence-corrected chi connectivity index (χ1v) is 7.26. The minimum Gasteiger partial charge on any atom is -0.496 e. The number of ether oxygens (including phenoxy) is 1. The molecule has 1 saturated carbocycles. The van der Waals surface area contributed by atoms with E-state index in [-0.39, 0.29) is 5.84 Å². The second kappa shape index (κ2) is 6.27. The second-order valence-electron chi connectivity index (χ2n) is 6.00. The summed E-state index contributed by atoms with van der Waals surface area (Å²) < 4.78 is 5.35. The van der Waals surface area contributed by atoms with Gasteiger partial charge in [0.2, 0.25) is 0 Å². The van der Waals surface area contributed by atoms with Crippen molar-refractivity contribution >= 4 is 5.84 Å². The van der Waals surface area contributed by atoms with Gasteiger partial charge in [-0.05, 0) is 36.5 Å². The van der Waals surface area contributed by atoms with Gasteiger partial charge in [0.1, 0.15) is 11.6 Å². The molecule has 1 fully saturated rings. The third kappa shape index (κ3) is 3.73. The quantitative estimate of drug-likeness (QED) is 0.594. The summed E-state index contributed by atoms with van der Waals surface area (Å²) >= 11 is 0. The fourth-order valence-corrected chi connectivity index (χ4v) is 2.54. The lowest BCUT2D eigenvalue weighted by molar-refractivity contribution is 0.226. The molecule has 0 bridgehead atoms. The Morgan fingerprint density at radius 3 is 2.65 bits per heavy atom. The molecule has 1 aromatic carbocycles. The number of nitrogens with one attached hydrogen (secondary N) is 1. The number of rotatable bonds is 7. The molecule has 1 aromatic rings. The number of nitrogens with two attached hydrogens (primary N) is 1. The summed E-state index contributed by atoms with van der Waals surface area (Å²) in [6, 6.07) is 6.69. The smallest absolute Gasteiger partial charge is 0.130 e. The number of nitrogen functional groups attached to an aromatic ring is 1. The molecule has 0 amide bonds. The molecule has 0 unspecified atom stereocenters. The average molecular weight is 275 g/mol. The van der Waals surface area contributed by atoms with Crippen LogP contribution in [0.15, 0.2) is 18.2 Å². The first kappa shape index (κ1) is 14.9. The van der Waals surface area contributed by atoms with Crippen molar-refractivity contribution in [1.82, 2.24) is 4.90 Å². The van der Waals surface area contributed by atoms with Gasteiger partial charge in [0, 0.05) is 19.1 Å². The maximum atomic E-state index is 7.55. The molecule has 110 valence electrons. The molecule has 0 atom stereocenters. The zero-order valence-corrected chi connectivity index (χ0v) is 12.6. The van der Waals surface area contributed by atoms with E-state index in [9.17, 15) is 0 Å². The van der Waals surface area contributed by atoms with Gasteiger partial charge in [-0.1, -0.05) is 19.9 Å². The number of benzene rings is 1. The highest BCUT2D eigenvalue weighted by atomic mass is 16.5. The Morgan fingerprint density at radius 2 is 2.15 bits per heavy atom. The highest BCUT2D eigenvalue weighted by Gasteiger charge is 2.29. The topological polar surface area (TPSA) is 62.3 Å². The molecule has 0 heterocycles. The summed E-state index contributed by atoms with van der Waals surface area (Å²) in [6.07, 6.45) is 2.63. The van der Waals surface area contributed by atoms with Crippen LogP contribution in [0.3, 0.4) is 0 Å². The Morgan fingerprint density at radius 1 is 1.45 bits per heavy atom. The van der Waals surface area contributed by atoms with E-state index in [1.807, 2.05) is 12.1 Å². The van der Waals surface area contributed by atoms with E-state index < -0.39 is 0 Å². The Bertz CT molecular complexity index is 481. The van der Waals surface area contributed by atoms with Gasteiger partial charge in [-0.15, -0.1) is 0 Å². The van der Waals surface area contributed by atoms with Crippen molar-refractivity contribution in [2.24, 2.45) is 11.7 Å². The molecule has 1 aliphatic carbocycles. The molecular weight excluding hydrogens is 250 g/mol. The van der Waals surface area contributed by atoms with Gasteiger partial charge in [-0.25, -0.2) is 0 Å². The largest absolute Gasteiger partial charge is 0.496 e. The normalized spacial score (nSPS) is 14.8. The molecule has 4 heteroatoms. The maximum absolute atomic E-state index is 7.55. The van der Waals surface area contributed by atoms with Crippen LogP contribution in [-0.2, 0) is 6.54 Å². The molecule has 0 radical (unpaired) electrons. The Hall–Kier alpha value is -1.55. The maximum Gasteiger partial charge on any atom is 0.130 e. The van der Waals surface area contributed by atoms with Crippen LogP contribution in [0.25, 0.3) is 0 Å². The summed E-state index contributed by atoms with van der Waals surface area (Å²) in [5, 5.41) is 7.55. The Labute approximate surface area is 121 Å². The van der Waals surface area contributed by atoms with Gasteiger partial charge in [-0.2, -0.15) is 0 Å². The summed E-state index contributed by atoms with van der Waals surface area (Å²) in [5.74, 6) is 1.42. The van der Waals surface area contributed by atoms with Gasteiger partial charge in [0.15, 0.2) is 0 Å². The fourth-order valence-electron chi connectivity index (χ4n) is 2.54. The minimum absolute atomic E-state index is 0.0506. The monoisotopic (exact) mass is 275 g/mol.